The van der Waals surface area contributed by atoms with Crippen molar-refractivity contribution in [2.75, 3.05) is 0 Å². The quantitative estimate of drug-likeness (QED) is 0.798. The molecular weight excluding hydrogens is 264 g/mol. The van der Waals surface area contributed by atoms with E-state index in [4.69, 9.17) is 0 Å². The molecule has 0 fully saturated rings. The number of nitrogens with one attached hydrogen (secondary N) is 1. The summed E-state index contributed by atoms with van der Waals surface area (Å²) in [5.74, 6) is 0.385. The van der Waals surface area contributed by atoms with Crippen molar-refractivity contribution in [3.05, 3.63) is 65.9 Å². The van der Waals surface area contributed by atoms with E-state index in [-0.39, 0.29) is 5.91 Å². The third-order valence-electron chi connectivity index (χ3n) is 3.13. The Balaban J connectivity index is 1.88. The Labute approximate surface area is 122 Å². The van der Waals surface area contributed by atoms with Gasteiger partial charge in [-0.1, -0.05) is 18.2 Å². The summed E-state index contributed by atoms with van der Waals surface area (Å²) in [6, 6.07) is 11.2. The van der Waals surface area contributed by atoms with Crippen molar-refractivity contribution in [2.24, 2.45) is 0 Å². The fraction of sp³-hybridized carbons (Fsp3) is 0.125. The largest absolute Gasteiger partial charge is 0.347 e. The van der Waals surface area contributed by atoms with Crippen LogP contribution in [0.15, 0.2) is 48.8 Å². The van der Waals surface area contributed by atoms with Crippen LogP contribution in [0.2, 0.25) is 0 Å². The van der Waals surface area contributed by atoms with Crippen LogP contribution in [0.1, 0.15) is 21.9 Å². The Morgan fingerprint density at radius 3 is 2.67 bits per heavy atom. The minimum absolute atomic E-state index is 0.200. The Bertz CT molecular complexity index is 787. The highest BCUT2D eigenvalue weighted by molar-refractivity contribution is 6.04. The fourth-order valence-electron chi connectivity index (χ4n) is 2.13. The van der Waals surface area contributed by atoms with E-state index < -0.39 is 0 Å². The molecule has 0 saturated heterocycles. The van der Waals surface area contributed by atoms with Gasteiger partial charge < -0.3 is 5.32 Å². The summed E-state index contributed by atoms with van der Waals surface area (Å²) in [5, 5.41) is 3.64. The van der Waals surface area contributed by atoms with E-state index >= 15 is 0 Å². The first-order valence-corrected chi connectivity index (χ1v) is 6.64. The van der Waals surface area contributed by atoms with Gasteiger partial charge in [-0.3, -0.25) is 9.78 Å². The molecule has 1 amide bonds. The summed E-state index contributed by atoms with van der Waals surface area (Å²) in [6.45, 7) is 2.23. The van der Waals surface area contributed by atoms with Crippen LogP contribution in [0.25, 0.3) is 10.9 Å². The van der Waals surface area contributed by atoms with Crippen molar-refractivity contribution >= 4 is 16.8 Å². The van der Waals surface area contributed by atoms with Crippen LogP contribution in [0.5, 0.6) is 0 Å². The molecule has 1 aromatic carbocycles. The zero-order chi connectivity index (χ0) is 14.7. The number of rotatable bonds is 3. The lowest BCUT2D eigenvalue weighted by atomic mass is 10.1. The lowest BCUT2D eigenvalue weighted by molar-refractivity contribution is 0.0947. The van der Waals surface area contributed by atoms with Gasteiger partial charge in [-0.05, 0) is 30.7 Å². The maximum absolute atomic E-state index is 12.4. The molecule has 1 N–H and O–H groups in total. The number of nitrogens with zero attached hydrogens (tertiary/aromatic N) is 3. The average Bonchev–Trinajstić information content (AvgIpc) is 2.52. The number of carbonyl (C=O) groups excluding carboxylic acids is 1. The minimum atomic E-state index is -0.200. The third-order valence-corrected chi connectivity index (χ3v) is 3.13. The lowest BCUT2D eigenvalue weighted by Crippen LogP contribution is -2.24. The molecule has 2 aromatic heterocycles. The van der Waals surface area contributed by atoms with Crippen LogP contribution in [-0.2, 0) is 6.54 Å². The molecule has 0 aliphatic carbocycles. The molecule has 104 valence electrons. The number of benzene rings is 1. The molecule has 0 aliphatic rings. The first-order valence-electron chi connectivity index (χ1n) is 6.64. The molecule has 0 unspecified atom stereocenters. The monoisotopic (exact) mass is 278 g/mol. The van der Waals surface area contributed by atoms with Crippen molar-refractivity contribution in [1.82, 2.24) is 20.3 Å². The predicted molar refractivity (Wildman–Crippen MR) is 79.7 cm³/mol. The van der Waals surface area contributed by atoms with Gasteiger partial charge in [0.15, 0.2) is 0 Å². The number of para-hydroxylation sites is 1. The molecule has 0 spiro atoms. The number of hydrogen-bond donors (Lipinski definition) is 1. The topological polar surface area (TPSA) is 67.8 Å². The van der Waals surface area contributed by atoms with Crippen molar-refractivity contribution in [1.29, 1.82) is 0 Å². The summed E-state index contributed by atoms with van der Waals surface area (Å²) in [6.07, 6.45) is 3.40. The highest BCUT2D eigenvalue weighted by atomic mass is 16.1. The van der Waals surface area contributed by atoms with Gasteiger partial charge in [0, 0.05) is 24.3 Å². The van der Waals surface area contributed by atoms with Crippen molar-refractivity contribution in [2.45, 2.75) is 13.5 Å². The molecule has 3 rings (SSSR count). The number of hydrogen-bond acceptors (Lipinski definition) is 4. The highest BCUT2D eigenvalue weighted by Crippen LogP contribution is 2.15. The second-order valence-corrected chi connectivity index (χ2v) is 4.67. The number of amides is 1. The number of fused-ring (bicyclic) bond motifs is 1. The fourth-order valence-corrected chi connectivity index (χ4v) is 2.13. The normalized spacial score (nSPS) is 10.5. The second kappa shape index (κ2) is 5.66. The molecule has 0 radical (unpaired) electrons. The van der Waals surface area contributed by atoms with Crippen LogP contribution in [-0.4, -0.2) is 20.9 Å². The summed E-state index contributed by atoms with van der Waals surface area (Å²) in [5.41, 5.74) is 2.18. The lowest BCUT2D eigenvalue weighted by Gasteiger charge is -2.08. The van der Waals surface area contributed by atoms with Crippen LogP contribution >= 0.6 is 0 Å². The molecule has 0 bridgehead atoms. The molecule has 5 heteroatoms. The second-order valence-electron chi connectivity index (χ2n) is 4.67. The van der Waals surface area contributed by atoms with E-state index in [1.54, 1.807) is 19.3 Å². The van der Waals surface area contributed by atoms with Crippen molar-refractivity contribution < 1.29 is 4.79 Å². The Kier molecular flexibility index (Phi) is 3.55. The number of aryl methyl sites for hydroxylation is 1. The Morgan fingerprint density at radius 1 is 1.10 bits per heavy atom. The van der Waals surface area contributed by atoms with Gasteiger partial charge in [0.1, 0.15) is 11.5 Å². The van der Waals surface area contributed by atoms with Gasteiger partial charge in [-0.15, -0.1) is 0 Å². The summed E-state index contributed by atoms with van der Waals surface area (Å²) >= 11 is 0. The maximum Gasteiger partial charge on any atom is 0.270 e. The molecule has 0 atom stereocenters. The molecule has 21 heavy (non-hydrogen) atoms. The summed E-state index contributed by atoms with van der Waals surface area (Å²) in [7, 11) is 0. The number of aromatic nitrogens is 3. The highest BCUT2D eigenvalue weighted by Gasteiger charge is 2.13. The number of pyridine rings is 1. The summed E-state index contributed by atoms with van der Waals surface area (Å²) in [4.78, 5) is 24.9. The van der Waals surface area contributed by atoms with Gasteiger partial charge in [0.25, 0.3) is 5.91 Å². The van der Waals surface area contributed by atoms with Crippen LogP contribution in [0.4, 0.5) is 0 Å². The van der Waals surface area contributed by atoms with E-state index in [1.165, 1.54) is 0 Å². The van der Waals surface area contributed by atoms with E-state index in [0.717, 1.165) is 16.5 Å². The zero-order valence-electron chi connectivity index (χ0n) is 11.6. The van der Waals surface area contributed by atoms with E-state index in [0.29, 0.717) is 18.1 Å². The SMILES string of the molecule is Cc1nc(C(=O)NCc2ccncc2)c2ccccc2n1. The molecule has 0 saturated carbocycles. The van der Waals surface area contributed by atoms with Crippen molar-refractivity contribution in [3.8, 4) is 0 Å². The molecule has 5 nitrogen and oxygen atoms in total. The standard InChI is InChI=1S/C16H14N4O/c1-11-19-14-5-3-2-4-13(14)15(20-11)16(21)18-10-12-6-8-17-9-7-12/h2-9H,10H2,1H3,(H,18,21). The van der Waals surface area contributed by atoms with Crippen molar-refractivity contribution in [3.63, 3.8) is 0 Å². The first-order chi connectivity index (χ1) is 10.2. The van der Waals surface area contributed by atoms with Crippen LogP contribution in [0.3, 0.4) is 0 Å². The minimum Gasteiger partial charge on any atom is -0.347 e. The number of carbonyl (C=O) groups is 1. The van der Waals surface area contributed by atoms with Gasteiger partial charge in [-0.25, -0.2) is 9.97 Å². The van der Waals surface area contributed by atoms with Gasteiger partial charge >= 0.3 is 0 Å². The van der Waals surface area contributed by atoms with E-state index in [2.05, 4.69) is 20.3 Å². The molecule has 2 heterocycles. The molecule has 0 aliphatic heterocycles. The smallest absolute Gasteiger partial charge is 0.270 e. The average molecular weight is 278 g/mol. The Morgan fingerprint density at radius 2 is 1.86 bits per heavy atom. The Hall–Kier alpha value is -2.82. The predicted octanol–water partition coefficient (Wildman–Crippen LogP) is 2.26. The van der Waals surface area contributed by atoms with Crippen LogP contribution < -0.4 is 5.32 Å². The van der Waals surface area contributed by atoms with E-state index in [1.807, 2.05) is 36.4 Å². The van der Waals surface area contributed by atoms with Crippen LogP contribution in [0, 0.1) is 6.92 Å². The van der Waals surface area contributed by atoms with Gasteiger partial charge in [0.2, 0.25) is 0 Å². The molecule has 3 aromatic rings. The van der Waals surface area contributed by atoms with E-state index in [9.17, 15) is 4.79 Å². The zero-order valence-corrected chi connectivity index (χ0v) is 11.6. The maximum atomic E-state index is 12.4. The third kappa shape index (κ3) is 2.86. The molecular formula is C16H14N4O. The van der Waals surface area contributed by atoms with Gasteiger partial charge in [0.05, 0.1) is 5.52 Å². The van der Waals surface area contributed by atoms with Gasteiger partial charge in [-0.2, -0.15) is 0 Å². The first kappa shape index (κ1) is 13.2. The summed E-state index contributed by atoms with van der Waals surface area (Å²) < 4.78 is 0.